The molecule has 0 bridgehead atoms. The van der Waals surface area contributed by atoms with E-state index in [2.05, 4.69) is 20.9 Å². The lowest BCUT2D eigenvalue weighted by Crippen LogP contribution is -2.30. The van der Waals surface area contributed by atoms with Crippen LogP contribution in [0.25, 0.3) is 10.9 Å². The van der Waals surface area contributed by atoms with Crippen molar-refractivity contribution in [3.8, 4) is 5.75 Å². The van der Waals surface area contributed by atoms with E-state index in [0.29, 0.717) is 44.8 Å². The molecule has 0 fully saturated rings. The van der Waals surface area contributed by atoms with E-state index < -0.39 is 5.97 Å². The van der Waals surface area contributed by atoms with Gasteiger partial charge in [0, 0.05) is 34.9 Å². The molecule has 7 nitrogen and oxygen atoms in total. The Balaban J connectivity index is 1.58. The molecule has 0 unspecified atom stereocenters. The zero-order valence-electron chi connectivity index (χ0n) is 17.5. The zero-order valence-corrected chi connectivity index (χ0v) is 19.8. The minimum Gasteiger partial charge on any atom is -0.497 e. The normalized spacial score (nSPS) is 10.5. The van der Waals surface area contributed by atoms with Crippen molar-refractivity contribution >= 4 is 68.8 Å². The Morgan fingerprint density at radius 2 is 1.84 bits per heavy atom. The first-order valence-electron chi connectivity index (χ1n) is 9.72. The van der Waals surface area contributed by atoms with Crippen LogP contribution >= 0.6 is 35.4 Å². The fourth-order valence-corrected chi connectivity index (χ4v) is 3.80. The summed E-state index contributed by atoms with van der Waals surface area (Å²) in [5.41, 5.74) is 2.23. The molecule has 2 aromatic carbocycles. The molecule has 0 radical (unpaired) electrons. The fourth-order valence-electron chi connectivity index (χ4n) is 3.00. The maximum Gasteiger partial charge on any atom is 0.356 e. The van der Waals surface area contributed by atoms with Crippen LogP contribution in [0.2, 0.25) is 10.0 Å². The van der Waals surface area contributed by atoms with Crippen molar-refractivity contribution in [1.82, 2.24) is 10.3 Å². The van der Waals surface area contributed by atoms with Crippen LogP contribution in [0.15, 0.2) is 42.5 Å². The molecule has 0 aliphatic heterocycles. The average molecular weight is 493 g/mol. The largest absolute Gasteiger partial charge is 0.497 e. The Kier molecular flexibility index (Phi) is 8.33. The molecule has 32 heavy (non-hydrogen) atoms. The number of anilines is 2. The third kappa shape index (κ3) is 6.12. The van der Waals surface area contributed by atoms with Crippen molar-refractivity contribution in [2.75, 3.05) is 37.9 Å². The van der Waals surface area contributed by atoms with E-state index in [1.165, 1.54) is 7.11 Å². The van der Waals surface area contributed by atoms with Gasteiger partial charge in [0.1, 0.15) is 5.75 Å². The van der Waals surface area contributed by atoms with Crippen molar-refractivity contribution in [1.29, 1.82) is 0 Å². The molecule has 168 valence electrons. The number of hydrogen-bond donors (Lipinski definition) is 3. The number of thiocarbonyl (C=S) groups is 1. The van der Waals surface area contributed by atoms with E-state index in [1.807, 2.05) is 24.3 Å². The quantitative estimate of drug-likeness (QED) is 0.227. The molecule has 3 aromatic rings. The van der Waals surface area contributed by atoms with Gasteiger partial charge in [0.15, 0.2) is 10.8 Å². The second-order valence-electron chi connectivity index (χ2n) is 6.72. The summed E-state index contributed by atoms with van der Waals surface area (Å²) in [7, 11) is 2.93. The number of nitrogens with zero attached hydrogens (tertiary/aromatic N) is 1. The minimum atomic E-state index is -0.539. The molecular formula is C22H22Cl2N4O3S. The van der Waals surface area contributed by atoms with Gasteiger partial charge in [0.05, 0.1) is 24.8 Å². The van der Waals surface area contributed by atoms with Crippen LogP contribution in [0, 0.1) is 0 Å². The monoisotopic (exact) mass is 492 g/mol. The first-order chi connectivity index (χ1) is 15.4. The van der Waals surface area contributed by atoms with E-state index in [0.717, 1.165) is 17.9 Å². The molecule has 0 saturated heterocycles. The Labute approximate surface area is 201 Å². The standard InChI is InChI=1S/C22H22Cl2N4O3S/c1-30-15-6-4-14(5-7-15)27-22(32)26-9-3-8-25-17-12-19(21(29)31-2)28-18-11-13(23)10-16(24)20(17)18/h4-7,10-12H,3,8-9H2,1-2H3,(H,25,28)(H2,26,27,32). The number of rotatable bonds is 8. The number of aromatic nitrogens is 1. The van der Waals surface area contributed by atoms with Crippen LogP contribution in [-0.2, 0) is 4.74 Å². The van der Waals surface area contributed by atoms with Gasteiger partial charge in [-0.3, -0.25) is 0 Å². The topological polar surface area (TPSA) is 84.5 Å². The SMILES string of the molecule is COC(=O)c1cc(NCCCNC(=S)Nc2ccc(OC)cc2)c2c(Cl)cc(Cl)cc2n1. The number of nitrogens with one attached hydrogen (secondary N) is 3. The lowest BCUT2D eigenvalue weighted by molar-refractivity contribution is 0.0594. The molecule has 3 N–H and O–H groups in total. The summed E-state index contributed by atoms with van der Waals surface area (Å²) in [6.07, 6.45) is 0.757. The molecule has 10 heteroatoms. The molecule has 0 saturated carbocycles. The number of carbonyl (C=O) groups excluding carboxylic acids is 1. The maximum absolute atomic E-state index is 12.0. The number of carbonyl (C=O) groups is 1. The van der Waals surface area contributed by atoms with Gasteiger partial charge in [-0.2, -0.15) is 0 Å². The second-order valence-corrected chi connectivity index (χ2v) is 7.97. The highest BCUT2D eigenvalue weighted by Crippen LogP contribution is 2.33. The number of ether oxygens (including phenoxy) is 2. The summed E-state index contributed by atoms with van der Waals surface area (Å²) in [4.78, 5) is 16.3. The van der Waals surface area contributed by atoms with Crippen molar-refractivity contribution in [2.45, 2.75) is 6.42 Å². The maximum atomic E-state index is 12.0. The molecule has 0 aliphatic carbocycles. The highest BCUT2D eigenvalue weighted by molar-refractivity contribution is 7.80. The van der Waals surface area contributed by atoms with Gasteiger partial charge in [-0.1, -0.05) is 23.2 Å². The molecular weight excluding hydrogens is 471 g/mol. The van der Waals surface area contributed by atoms with E-state index in [4.69, 9.17) is 44.9 Å². The second kappa shape index (κ2) is 11.2. The molecule has 1 heterocycles. The molecule has 1 aromatic heterocycles. The smallest absolute Gasteiger partial charge is 0.356 e. The first kappa shape index (κ1) is 23.8. The summed E-state index contributed by atoms with van der Waals surface area (Å²) in [5.74, 6) is 0.240. The summed E-state index contributed by atoms with van der Waals surface area (Å²) in [6, 6.07) is 12.4. The third-order valence-electron chi connectivity index (χ3n) is 4.52. The van der Waals surface area contributed by atoms with Gasteiger partial charge in [0.25, 0.3) is 0 Å². The zero-order chi connectivity index (χ0) is 23.1. The van der Waals surface area contributed by atoms with Crippen molar-refractivity contribution < 1.29 is 14.3 Å². The third-order valence-corrected chi connectivity index (χ3v) is 5.29. The summed E-state index contributed by atoms with van der Waals surface area (Å²) >= 11 is 17.8. The van der Waals surface area contributed by atoms with Crippen LogP contribution in [0.4, 0.5) is 11.4 Å². The van der Waals surface area contributed by atoms with Crippen molar-refractivity contribution in [2.24, 2.45) is 0 Å². The van der Waals surface area contributed by atoms with Crippen molar-refractivity contribution in [3.05, 3.63) is 58.2 Å². The van der Waals surface area contributed by atoms with E-state index in [1.54, 1.807) is 25.3 Å². The van der Waals surface area contributed by atoms with Crippen LogP contribution in [0.3, 0.4) is 0 Å². The number of fused-ring (bicyclic) bond motifs is 1. The Hall–Kier alpha value is -2.81. The van der Waals surface area contributed by atoms with E-state index in [9.17, 15) is 4.79 Å². The lowest BCUT2D eigenvalue weighted by Gasteiger charge is -2.14. The fraction of sp³-hybridized carbons (Fsp3) is 0.227. The number of hydrogen-bond acceptors (Lipinski definition) is 6. The van der Waals surface area contributed by atoms with E-state index in [-0.39, 0.29) is 5.69 Å². The highest BCUT2D eigenvalue weighted by Gasteiger charge is 2.15. The van der Waals surface area contributed by atoms with Crippen LogP contribution in [0.5, 0.6) is 5.75 Å². The van der Waals surface area contributed by atoms with Crippen LogP contribution in [-0.4, -0.2) is 43.4 Å². The predicted molar refractivity (Wildman–Crippen MR) is 133 cm³/mol. The number of esters is 1. The Morgan fingerprint density at radius 1 is 1.09 bits per heavy atom. The van der Waals surface area contributed by atoms with Gasteiger partial charge in [0.2, 0.25) is 0 Å². The minimum absolute atomic E-state index is 0.170. The van der Waals surface area contributed by atoms with Gasteiger partial charge in [-0.15, -0.1) is 0 Å². The van der Waals surface area contributed by atoms with Gasteiger partial charge in [-0.25, -0.2) is 9.78 Å². The number of benzene rings is 2. The highest BCUT2D eigenvalue weighted by atomic mass is 35.5. The summed E-state index contributed by atoms with van der Waals surface area (Å²) in [6.45, 7) is 1.25. The molecule has 0 amide bonds. The van der Waals surface area contributed by atoms with Gasteiger partial charge < -0.3 is 25.4 Å². The van der Waals surface area contributed by atoms with Gasteiger partial charge in [-0.05, 0) is 61.1 Å². The molecule has 0 atom stereocenters. The van der Waals surface area contributed by atoms with Crippen LogP contribution in [0.1, 0.15) is 16.9 Å². The first-order valence-corrected chi connectivity index (χ1v) is 10.9. The number of pyridine rings is 1. The number of methoxy groups -OCH3 is 2. The molecule has 0 spiro atoms. The van der Waals surface area contributed by atoms with Crippen LogP contribution < -0.4 is 20.7 Å². The Bertz CT molecular complexity index is 1130. The molecule has 3 rings (SSSR count). The van der Waals surface area contributed by atoms with Crippen molar-refractivity contribution in [3.63, 3.8) is 0 Å². The lowest BCUT2D eigenvalue weighted by atomic mass is 10.1. The number of halogens is 2. The Morgan fingerprint density at radius 3 is 2.53 bits per heavy atom. The molecule has 0 aliphatic rings. The van der Waals surface area contributed by atoms with E-state index >= 15 is 0 Å². The summed E-state index contributed by atoms with van der Waals surface area (Å²) < 4.78 is 9.94. The van der Waals surface area contributed by atoms with Gasteiger partial charge >= 0.3 is 5.97 Å². The summed E-state index contributed by atoms with van der Waals surface area (Å²) in [5, 5.41) is 11.7. The predicted octanol–water partition coefficient (Wildman–Crippen LogP) is 5.13. The average Bonchev–Trinajstić information content (AvgIpc) is 2.78.